The molecule has 0 aliphatic carbocycles. The Balaban J connectivity index is -0.0000000450. The summed E-state index contributed by atoms with van der Waals surface area (Å²) in [6.45, 7) is 2.13. The van der Waals surface area contributed by atoms with E-state index in [4.69, 9.17) is 0 Å². The first-order valence-corrected chi connectivity index (χ1v) is 2.60. The molecule has 0 bridgehead atoms. The maximum Gasteiger partial charge on any atom is 0.00286 e. The van der Waals surface area contributed by atoms with Crippen molar-refractivity contribution in [1.29, 1.82) is 0 Å². The van der Waals surface area contributed by atoms with Crippen molar-refractivity contribution in [3.63, 3.8) is 0 Å². The number of rotatable bonds is 1. The molecule has 0 saturated carbocycles. The lowest BCUT2D eigenvalue weighted by atomic mass is 10.6. The molecule has 0 unspecified atom stereocenters. The van der Waals surface area contributed by atoms with Crippen LogP contribution in [0.3, 0.4) is 0 Å². The van der Waals surface area contributed by atoms with Crippen LogP contribution in [0.4, 0.5) is 0 Å². The molecule has 0 aromatic carbocycles. The summed E-state index contributed by atoms with van der Waals surface area (Å²) in [4.78, 5) is 0. The quantitative estimate of drug-likeness (QED) is 0.551. The normalized spacial score (nSPS) is 5.00. The van der Waals surface area contributed by atoms with Crippen molar-refractivity contribution < 1.29 is 0 Å². The minimum Gasteiger partial charge on any atom is -0.369 e. The third-order valence-corrected chi connectivity index (χ3v) is 0.982. The lowest BCUT2D eigenvalue weighted by molar-refractivity contribution is 1.12. The van der Waals surface area contributed by atoms with Gasteiger partial charge in [-0.05, 0) is 6.42 Å². The standard InChI is InChI=1S/C3H7Br.2H3N/c1-2-3-4;;/h2-3H2,1H3;2*1H3/p+2. The van der Waals surface area contributed by atoms with Crippen molar-refractivity contribution in [3.05, 3.63) is 0 Å². The molecule has 8 N–H and O–H groups in total. The minimum absolute atomic E-state index is 0. The summed E-state index contributed by atoms with van der Waals surface area (Å²) in [5.74, 6) is 0. The van der Waals surface area contributed by atoms with Gasteiger partial charge in [-0.15, -0.1) is 0 Å². The van der Waals surface area contributed by atoms with E-state index in [0.717, 1.165) is 5.33 Å². The molecule has 0 saturated heterocycles. The summed E-state index contributed by atoms with van der Waals surface area (Å²) >= 11 is 3.25. The SMILES string of the molecule is CCCBr.[NH4+].[NH4+]. The van der Waals surface area contributed by atoms with Gasteiger partial charge in [-0.25, -0.2) is 0 Å². The summed E-state index contributed by atoms with van der Waals surface area (Å²) in [7, 11) is 0. The largest absolute Gasteiger partial charge is 0.369 e. The van der Waals surface area contributed by atoms with Crippen LogP contribution in [0.5, 0.6) is 0 Å². The van der Waals surface area contributed by atoms with Crippen LogP contribution in [0.15, 0.2) is 0 Å². The minimum atomic E-state index is 0. The van der Waals surface area contributed by atoms with E-state index in [2.05, 4.69) is 22.9 Å². The zero-order valence-corrected chi connectivity index (χ0v) is 6.38. The van der Waals surface area contributed by atoms with Gasteiger partial charge in [0.25, 0.3) is 0 Å². The average molecular weight is 159 g/mol. The first-order chi connectivity index (χ1) is 1.91. The fraction of sp³-hybridized carbons (Fsp3) is 1.00. The molecular formula is C3H15BrN2+2. The lowest BCUT2D eigenvalue weighted by Crippen LogP contribution is -1.54. The van der Waals surface area contributed by atoms with Gasteiger partial charge < -0.3 is 12.3 Å². The molecule has 2 nitrogen and oxygen atoms in total. The Labute approximate surface area is 47.6 Å². The van der Waals surface area contributed by atoms with E-state index in [1.54, 1.807) is 0 Å². The van der Waals surface area contributed by atoms with E-state index in [9.17, 15) is 0 Å². The van der Waals surface area contributed by atoms with Crippen molar-refractivity contribution in [1.82, 2.24) is 12.3 Å². The van der Waals surface area contributed by atoms with Crippen LogP contribution in [-0.2, 0) is 0 Å². The summed E-state index contributed by atoms with van der Waals surface area (Å²) < 4.78 is 0. The zero-order chi connectivity index (χ0) is 3.41. The van der Waals surface area contributed by atoms with Gasteiger partial charge >= 0.3 is 0 Å². The fourth-order valence-electron chi connectivity index (χ4n) is 0. The summed E-state index contributed by atoms with van der Waals surface area (Å²) in [6.07, 6.45) is 1.24. The van der Waals surface area contributed by atoms with Crippen LogP contribution >= 0.6 is 15.9 Å². The van der Waals surface area contributed by atoms with Gasteiger partial charge in [0.1, 0.15) is 0 Å². The molecule has 6 heavy (non-hydrogen) atoms. The second-order valence-corrected chi connectivity index (χ2v) is 1.48. The van der Waals surface area contributed by atoms with Crippen LogP contribution in [0, 0.1) is 0 Å². The van der Waals surface area contributed by atoms with Crippen molar-refractivity contribution in [2.45, 2.75) is 13.3 Å². The Hall–Kier alpha value is 0.400. The van der Waals surface area contributed by atoms with Crippen molar-refractivity contribution >= 4 is 15.9 Å². The zero-order valence-electron chi connectivity index (χ0n) is 4.79. The number of halogens is 1. The fourth-order valence-corrected chi connectivity index (χ4v) is 0. The van der Waals surface area contributed by atoms with E-state index >= 15 is 0 Å². The molecule has 0 aliphatic rings. The van der Waals surface area contributed by atoms with E-state index in [0.29, 0.717) is 0 Å². The van der Waals surface area contributed by atoms with Crippen LogP contribution in [0.25, 0.3) is 0 Å². The van der Waals surface area contributed by atoms with Gasteiger partial charge in [0, 0.05) is 5.33 Å². The van der Waals surface area contributed by atoms with Crippen LogP contribution in [0.1, 0.15) is 13.3 Å². The maximum absolute atomic E-state index is 3.25. The molecule has 0 radical (unpaired) electrons. The number of hydrogen-bond donors (Lipinski definition) is 2. The molecule has 3 heteroatoms. The smallest absolute Gasteiger partial charge is 0.00286 e. The van der Waals surface area contributed by atoms with Crippen LogP contribution in [-0.4, -0.2) is 5.33 Å². The van der Waals surface area contributed by atoms with E-state index in [1.807, 2.05) is 0 Å². The Kier molecular flexibility index (Phi) is 48.8. The molecule has 0 heterocycles. The second kappa shape index (κ2) is 18.2. The summed E-state index contributed by atoms with van der Waals surface area (Å²) in [5, 5.41) is 1.13. The van der Waals surface area contributed by atoms with E-state index < -0.39 is 0 Å². The predicted octanol–water partition coefficient (Wildman–Crippen LogP) is 2.54. The Morgan fingerprint density at radius 2 is 1.50 bits per heavy atom. The van der Waals surface area contributed by atoms with Gasteiger partial charge in [-0.1, -0.05) is 22.9 Å². The third-order valence-electron chi connectivity index (χ3n) is 0.189. The average Bonchev–Trinajstić information content (AvgIpc) is 1.37. The van der Waals surface area contributed by atoms with Crippen molar-refractivity contribution in [2.24, 2.45) is 0 Å². The molecule has 42 valence electrons. The highest BCUT2D eigenvalue weighted by atomic mass is 79.9. The van der Waals surface area contributed by atoms with E-state index in [-0.39, 0.29) is 12.3 Å². The molecule has 0 rings (SSSR count). The molecule has 0 fully saturated rings. The number of quaternary nitrogens is 2. The van der Waals surface area contributed by atoms with Crippen LogP contribution < -0.4 is 12.3 Å². The first kappa shape index (κ1) is 16.1. The second-order valence-electron chi connectivity index (χ2n) is 0.689. The Morgan fingerprint density at radius 1 is 1.33 bits per heavy atom. The van der Waals surface area contributed by atoms with E-state index in [1.165, 1.54) is 6.42 Å². The number of hydrogen-bond acceptors (Lipinski definition) is 0. The summed E-state index contributed by atoms with van der Waals surface area (Å²) in [5.41, 5.74) is 0. The van der Waals surface area contributed by atoms with Gasteiger partial charge in [0.05, 0.1) is 0 Å². The van der Waals surface area contributed by atoms with Gasteiger partial charge in [0.2, 0.25) is 0 Å². The Bertz CT molecular complexity index is 10.8. The molecule has 0 spiro atoms. The highest BCUT2D eigenvalue weighted by Gasteiger charge is 1.58. The highest BCUT2D eigenvalue weighted by molar-refractivity contribution is 9.09. The number of alkyl halides is 1. The third kappa shape index (κ3) is 26.0. The summed E-state index contributed by atoms with van der Waals surface area (Å²) in [6, 6.07) is 0. The molecule has 0 amide bonds. The van der Waals surface area contributed by atoms with Gasteiger partial charge in [-0.2, -0.15) is 0 Å². The van der Waals surface area contributed by atoms with Gasteiger partial charge in [0.15, 0.2) is 0 Å². The molecule has 0 aromatic heterocycles. The molecular weight excluding hydrogens is 144 g/mol. The maximum atomic E-state index is 3.25. The molecule has 0 aliphatic heterocycles. The van der Waals surface area contributed by atoms with Crippen LogP contribution in [0.2, 0.25) is 0 Å². The van der Waals surface area contributed by atoms with Crippen molar-refractivity contribution in [2.75, 3.05) is 5.33 Å². The van der Waals surface area contributed by atoms with Gasteiger partial charge in [-0.3, -0.25) is 0 Å². The first-order valence-electron chi connectivity index (χ1n) is 1.47. The monoisotopic (exact) mass is 158 g/mol. The highest BCUT2D eigenvalue weighted by Crippen LogP contribution is 1.80. The molecule has 0 atom stereocenters. The topological polar surface area (TPSA) is 73.0 Å². The van der Waals surface area contributed by atoms with Crippen molar-refractivity contribution in [3.8, 4) is 0 Å². The lowest BCUT2D eigenvalue weighted by Gasteiger charge is -1.66. The predicted molar refractivity (Wildman–Crippen MR) is 36.1 cm³/mol. The Morgan fingerprint density at radius 3 is 1.50 bits per heavy atom. The molecule has 0 aromatic rings.